The van der Waals surface area contributed by atoms with Crippen molar-refractivity contribution in [2.24, 2.45) is 0 Å². The van der Waals surface area contributed by atoms with Gasteiger partial charge in [-0.2, -0.15) is 8.42 Å². The van der Waals surface area contributed by atoms with Crippen molar-refractivity contribution in [3.05, 3.63) is 58.7 Å². The number of benzene rings is 2. The third kappa shape index (κ3) is 3.17. The Morgan fingerprint density at radius 1 is 0.889 bits per heavy atom. The monoisotopic (exact) mass is 385 g/mol. The number of carbonyl (C=O) groups excluding carboxylic acids is 2. The first-order chi connectivity index (χ1) is 12.9. The molecule has 0 aliphatic heterocycles. The van der Waals surface area contributed by atoms with Crippen LogP contribution in [0.2, 0.25) is 0 Å². The number of ketones is 2. The fourth-order valence-corrected chi connectivity index (χ4v) is 4.46. The molecule has 2 aliphatic carbocycles. The molecule has 0 amide bonds. The summed E-state index contributed by atoms with van der Waals surface area (Å²) < 4.78 is 33.0. The predicted octanol–water partition coefficient (Wildman–Crippen LogP) is 3.45. The van der Waals surface area contributed by atoms with Crippen LogP contribution in [0.4, 0.5) is 5.69 Å². The lowest BCUT2D eigenvalue weighted by atomic mass is 9.83. The van der Waals surface area contributed by atoms with Gasteiger partial charge in [-0.25, -0.2) is 0 Å². The molecule has 0 heterocycles. The topological polar surface area (TPSA) is 101 Å². The van der Waals surface area contributed by atoms with Gasteiger partial charge in [-0.15, -0.1) is 0 Å². The molecule has 0 atom stereocenters. The van der Waals surface area contributed by atoms with Gasteiger partial charge in [0.1, 0.15) is 0 Å². The lowest BCUT2D eigenvalue weighted by Crippen LogP contribution is -2.27. The van der Waals surface area contributed by atoms with Crippen LogP contribution >= 0.6 is 0 Å². The Morgan fingerprint density at radius 2 is 1.52 bits per heavy atom. The van der Waals surface area contributed by atoms with Crippen LogP contribution in [0.5, 0.6) is 0 Å². The summed E-state index contributed by atoms with van der Waals surface area (Å²) in [5, 5.41) is 3.25. The Hall–Kier alpha value is -2.51. The molecule has 1 saturated carbocycles. The van der Waals surface area contributed by atoms with Gasteiger partial charge in [0.2, 0.25) is 0 Å². The maximum atomic E-state index is 13.1. The van der Waals surface area contributed by atoms with Crippen LogP contribution in [0.3, 0.4) is 0 Å². The van der Waals surface area contributed by atoms with E-state index in [1.807, 2.05) is 0 Å². The minimum atomic E-state index is -4.52. The highest BCUT2D eigenvalue weighted by Gasteiger charge is 2.34. The van der Waals surface area contributed by atoms with Crippen LogP contribution in [-0.4, -0.2) is 30.6 Å². The average Bonchev–Trinajstić information content (AvgIpc) is 2.66. The molecule has 0 radical (unpaired) electrons. The Kier molecular flexibility index (Phi) is 4.36. The Morgan fingerprint density at radius 3 is 2.15 bits per heavy atom. The highest BCUT2D eigenvalue weighted by molar-refractivity contribution is 7.85. The van der Waals surface area contributed by atoms with E-state index in [0.29, 0.717) is 11.3 Å². The Labute approximate surface area is 157 Å². The van der Waals surface area contributed by atoms with Crippen molar-refractivity contribution in [1.82, 2.24) is 0 Å². The minimum Gasteiger partial charge on any atom is -0.382 e. The molecule has 6 nitrogen and oxygen atoms in total. The van der Waals surface area contributed by atoms with E-state index in [0.717, 1.165) is 38.2 Å². The molecule has 0 spiro atoms. The largest absolute Gasteiger partial charge is 0.382 e. The van der Waals surface area contributed by atoms with E-state index in [1.165, 1.54) is 6.07 Å². The zero-order valence-corrected chi connectivity index (χ0v) is 15.4. The van der Waals surface area contributed by atoms with E-state index < -0.39 is 15.9 Å². The van der Waals surface area contributed by atoms with Crippen LogP contribution in [0.25, 0.3) is 0 Å². The van der Waals surface area contributed by atoms with Gasteiger partial charge in [0, 0.05) is 28.4 Å². The molecule has 4 rings (SSSR count). The molecule has 27 heavy (non-hydrogen) atoms. The van der Waals surface area contributed by atoms with Crippen molar-refractivity contribution < 1.29 is 22.6 Å². The molecule has 0 aromatic heterocycles. The van der Waals surface area contributed by atoms with Crippen molar-refractivity contribution in [2.45, 2.75) is 43.0 Å². The van der Waals surface area contributed by atoms with Gasteiger partial charge in [-0.1, -0.05) is 43.5 Å². The van der Waals surface area contributed by atoms with E-state index in [-0.39, 0.29) is 33.4 Å². The molecule has 140 valence electrons. The predicted molar refractivity (Wildman–Crippen MR) is 100 cm³/mol. The molecule has 2 aliphatic rings. The van der Waals surface area contributed by atoms with Crippen molar-refractivity contribution >= 4 is 27.4 Å². The molecule has 0 unspecified atom stereocenters. The van der Waals surface area contributed by atoms with E-state index in [2.05, 4.69) is 5.32 Å². The fraction of sp³-hybridized carbons (Fsp3) is 0.300. The van der Waals surface area contributed by atoms with Gasteiger partial charge >= 0.3 is 0 Å². The molecule has 2 aromatic carbocycles. The summed E-state index contributed by atoms with van der Waals surface area (Å²) in [6.07, 6.45) is 5.06. The van der Waals surface area contributed by atoms with Crippen LogP contribution < -0.4 is 5.32 Å². The van der Waals surface area contributed by atoms with Crippen LogP contribution in [0.15, 0.2) is 41.3 Å². The third-order valence-corrected chi connectivity index (χ3v) is 6.09. The normalized spacial score (nSPS) is 17.4. The second kappa shape index (κ2) is 6.58. The number of anilines is 1. The van der Waals surface area contributed by atoms with E-state index in [1.54, 1.807) is 24.3 Å². The summed E-state index contributed by atoms with van der Waals surface area (Å²) in [7, 11) is -4.52. The SMILES string of the molecule is O=C1c2ccccc2C(=O)c2c(NC3CCCCC3)cc(S(=O)(=O)O)cc21. The lowest BCUT2D eigenvalue weighted by Gasteiger charge is -2.27. The molecule has 2 N–H and O–H groups in total. The van der Waals surface area contributed by atoms with Gasteiger partial charge < -0.3 is 5.32 Å². The maximum absolute atomic E-state index is 13.1. The third-order valence-electron chi connectivity index (χ3n) is 5.26. The minimum absolute atomic E-state index is 0.00661. The zero-order chi connectivity index (χ0) is 19.2. The molecule has 2 aromatic rings. The average molecular weight is 385 g/mol. The highest BCUT2D eigenvalue weighted by Crippen LogP contribution is 2.35. The second-order valence-corrected chi connectivity index (χ2v) is 8.47. The van der Waals surface area contributed by atoms with Crippen molar-refractivity contribution in [1.29, 1.82) is 0 Å². The van der Waals surface area contributed by atoms with Crippen LogP contribution in [0.1, 0.15) is 63.9 Å². The molecular weight excluding hydrogens is 366 g/mol. The fourth-order valence-electron chi connectivity index (χ4n) is 3.93. The summed E-state index contributed by atoms with van der Waals surface area (Å²) in [4.78, 5) is 25.6. The first-order valence-electron chi connectivity index (χ1n) is 8.97. The summed E-state index contributed by atoms with van der Waals surface area (Å²) in [5.74, 6) is -0.738. The summed E-state index contributed by atoms with van der Waals surface area (Å²) >= 11 is 0. The molecular formula is C20H19NO5S. The molecule has 0 bridgehead atoms. The van der Waals surface area contributed by atoms with Crippen LogP contribution in [0, 0.1) is 0 Å². The van der Waals surface area contributed by atoms with Crippen molar-refractivity contribution in [2.75, 3.05) is 5.32 Å². The van der Waals surface area contributed by atoms with Gasteiger partial charge in [0.25, 0.3) is 10.1 Å². The van der Waals surface area contributed by atoms with E-state index >= 15 is 0 Å². The smallest absolute Gasteiger partial charge is 0.294 e. The lowest BCUT2D eigenvalue weighted by molar-refractivity contribution is 0.0979. The Balaban J connectivity index is 1.90. The zero-order valence-electron chi connectivity index (χ0n) is 14.6. The van der Waals surface area contributed by atoms with Gasteiger partial charge in [-0.05, 0) is 25.0 Å². The van der Waals surface area contributed by atoms with Crippen molar-refractivity contribution in [3.63, 3.8) is 0 Å². The van der Waals surface area contributed by atoms with E-state index in [9.17, 15) is 22.6 Å². The number of carbonyl (C=O) groups is 2. The van der Waals surface area contributed by atoms with Gasteiger partial charge in [-0.3, -0.25) is 14.1 Å². The first-order valence-corrected chi connectivity index (χ1v) is 10.4. The first kappa shape index (κ1) is 17.9. The molecule has 1 fully saturated rings. The summed E-state index contributed by atoms with van der Waals surface area (Å²) in [6, 6.07) is 8.93. The molecule has 0 saturated heterocycles. The van der Waals surface area contributed by atoms with Crippen LogP contribution in [-0.2, 0) is 10.1 Å². The van der Waals surface area contributed by atoms with E-state index in [4.69, 9.17) is 0 Å². The standard InChI is InChI=1S/C20H19NO5S/c22-19-14-8-4-5-9-15(14)20(23)18-16(19)10-13(27(24,25)26)11-17(18)21-12-6-2-1-3-7-12/h4-5,8-12,21H,1-3,6-7H2,(H,24,25,26). The molecule has 7 heteroatoms. The number of nitrogens with one attached hydrogen (secondary N) is 1. The number of fused-ring (bicyclic) bond motifs is 2. The van der Waals surface area contributed by atoms with Gasteiger partial charge in [0.05, 0.1) is 10.5 Å². The quantitative estimate of drug-likeness (QED) is 0.670. The highest BCUT2D eigenvalue weighted by atomic mass is 32.2. The number of hydrogen-bond acceptors (Lipinski definition) is 5. The number of hydrogen-bond donors (Lipinski definition) is 2. The second-order valence-electron chi connectivity index (χ2n) is 7.05. The Bertz CT molecular complexity index is 1050. The number of rotatable bonds is 3. The van der Waals surface area contributed by atoms with Gasteiger partial charge in [0.15, 0.2) is 11.6 Å². The summed E-state index contributed by atoms with van der Waals surface area (Å²) in [6.45, 7) is 0. The maximum Gasteiger partial charge on any atom is 0.294 e. The summed E-state index contributed by atoms with van der Waals surface area (Å²) in [5.41, 5.74) is 1.02. The van der Waals surface area contributed by atoms with Crippen molar-refractivity contribution in [3.8, 4) is 0 Å².